The molecule has 0 saturated carbocycles. The zero-order valence-electron chi connectivity index (χ0n) is 13.2. The van der Waals surface area contributed by atoms with Crippen LogP contribution in [0, 0.1) is 6.92 Å². The summed E-state index contributed by atoms with van der Waals surface area (Å²) >= 11 is 0. The lowest BCUT2D eigenvalue weighted by Gasteiger charge is -2.21. The van der Waals surface area contributed by atoms with Crippen LogP contribution in [0.3, 0.4) is 0 Å². The number of fused-ring (bicyclic) bond motifs is 1. The van der Waals surface area contributed by atoms with E-state index >= 15 is 0 Å². The van der Waals surface area contributed by atoms with E-state index in [1.54, 1.807) is 18.0 Å². The second-order valence-electron chi connectivity index (χ2n) is 6.59. The van der Waals surface area contributed by atoms with Crippen LogP contribution in [-0.2, 0) is 11.3 Å². The largest absolute Gasteiger partial charge is 0.439 e. The summed E-state index contributed by atoms with van der Waals surface area (Å²) in [5.41, 5.74) is 1.75. The van der Waals surface area contributed by atoms with Gasteiger partial charge in [-0.1, -0.05) is 0 Å². The first-order chi connectivity index (χ1) is 10.9. The third kappa shape index (κ3) is 2.39. The highest BCUT2D eigenvalue weighted by atomic mass is 16.6. The molecule has 2 aromatic heterocycles. The van der Waals surface area contributed by atoms with Crippen molar-refractivity contribution in [1.29, 1.82) is 0 Å². The summed E-state index contributed by atoms with van der Waals surface area (Å²) in [7, 11) is 1.75. The summed E-state index contributed by atoms with van der Waals surface area (Å²) in [6.45, 7) is 4.60. The molecule has 1 atom stereocenters. The van der Waals surface area contributed by atoms with Gasteiger partial charge in [-0.15, -0.1) is 0 Å². The molecule has 4 heterocycles. The molecule has 0 aliphatic carbocycles. The number of nitrogens with zero attached hydrogens (tertiary/aromatic N) is 4. The number of aromatic nitrogens is 3. The molecule has 2 saturated heterocycles. The van der Waals surface area contributed by atoms with E-state index < -0.39 is 5.60 Å². The number of aromatic amines is 1. The Kier molecular flexibility index (Phi) is 2.99. The molecule has 1 N–H and O–H groups in total. The monoisotopic (exact) mass is 317 g/mol. The van der Waals surface area contributed by atoms with Gasteiger partial charge in [-0.25, -0.2) is 14.3 Å². The van der Waals surface area contributed by atoms with E-state index in [2.05, 4.69) is 15.0 Å². The lowest BCUT2D eigenvalue weighted by atomic mass is 10.0. The van der Waals surface area contributed by atoms with Crippen LogP contribution < -0.4 is 5.56 Å². The van der Waals surface area contributed by atoms with Crippen molar-refractivity contribution in [3.63, 3.8) is 0 Å². The maximum absolute atomic E-state index is 12.1. The summed E-state index contributed by atoms with van der Waals surface area (Å²) < 4.78 is 6.98. The van der Waals surface area contributed by atoms with Gasteiger partial charge in [-0.3, -0.25) is 14.8 Å². The molecule has 2 aromatic rings. The van der Waals surface area contributed by atoms with Crippen LogP contribution in [0.25, 0.3) is 5.65 Å². The first-order valence-corrected chi connectivity index (χ1v) is 7.69. The predicted molar refractivity (Wildman–Crippen MR) is 82.3 cm³/mol. The van der Waals surface area contributed by atoms with E-state index in [1.807, 2.05) is 13.0 Å². The Bertz CT molecular complexity index is 841. The van der Waals surface area contributed by atoms with Crippen molar-refractivity contribution in [2.24, 2.45) is 0 Å². The minimum atomic E-state index is -0.407. The minimum absolute atomic E-state index is 0.112. The van der Waals surface area contributed by atoms with Crippen molar-refractivity contribution in [2.45, 2.75) is 25.5 Å². The number of carbonyl (C=O) groups excluding carboxylic acids is 1. The lowest BCUT2D eigenvalue weighted by molar-refractivity contribution is 0.0626. The summed E-state index contributed by atoms with van der Waals surface area (Å²) in [4.78, 5) is 32.1. The Morgan fingerprint density at radius 2 is 2.17 bits per heavy atom. The van der Waals surface area contributed by atoms with Crippen LogP contribution in [0.15, 0.2) is 16.9 Å². The van der Waals surface area contributed by atoms with Crippen molar-refractivity contribution in [3.8, 4) is 0 Å². The van der Waals surface area contributed by atoms with Gasteiger partial charge >= 0.3 is 6.09 Å². The number of aryl methyl sites for hydroxylation is 1. The highest BCUT2D eigenvalue weighted by Crippen LogP contribution is 2.32. The van der Waals surface area contributed by atoms with Gasteiger partial charge in [0.2, 0.25) is 0 Å². The fourth-order valence-corrected chi connectivity index (χ4v) is 3.54. The molecule has 1 amide bonds. The number of likely N-dealkylation sites (tertiary alicyclic amines) is 1. The summed E-state index contributed by atoms with van der Waals surface area (Å²) in [5.74, 6) is 0. The highest BCUT2D eigenvalue weighted by Gasteiger charge is 2.48. The molecule has 0 radical (unpaired) electrons. The standard InChI is InChI=1S/C15H19N5O3/c1-10-5-12-16-11(6-13(21)20(12)17-10)7-19-4-3-15(9-19)8-18(2)14(22)23-15/h5-6,17H,3-4,7-9H2,1-2H3. The minimum Gasteiger partial charge on any atom is -0.439 e. The maximum Gasteiger partial charge on any atom is 0.410 e. The smallest absolute Gasteiger partial charge is 0.410 e. The molecule has 0 bridgehead atoms. The van der Waals surface area contributed by atoms with Gasteiger partial charge in [0, 0.05) is 50.9 Å². The van der Waals surface area contributed by atoms with Crippen molar-refractivity contribution in [3.05, 3.63) is 33.9 Å². The van der Waals surface area contributed by atoms with E-state index in [0.717, 1.165) is 24.4 Å². The highest BCUT2D eigenvalue weighted by molar-refractivity contribution is 5.70. The quantitative estimate of drug-likeness (QED) is 0.864. The topological polar surface area (TPSA) is 82.9 Å². The fraction of sp³-hybridized carbons (Fsp3) is 0.533. The van der Waals surface area contributed by atoms with Gasteiger partial charge in [0.25, 0.3) is 5.56 Å². The SMILES string of the molecule is Cc1cc2nc(CN3CCC4(C3)CN(C)C(=O)O4)cc(=O)n2[nH]1. The van der Waals surface area contributed by atoms with E-state index in [4.69, 9.17) is 4.74 Å². The first kappa shape index (κ1) is 14.3. The Hall–Kier alpha value is -2.35. The van der Waals surface area contributed by atoms with Gasteiger partial charge in [0.1, 0.15) is 5.60 Å². The second kappa shape index (κ2) is 4.82. The Morgan fingerprint density at radius 3 is 2.91 bits per heavy atom. The van der Waals surface area contributed by atoms with Crippen LogP contribution >= 0.6 is 0 Å². The molecule has 2 aliphatic heterocycles. The van der Waals surface area contributed by atoms with Crippen LogP contribution in [0.2, 0.25) is 0 Å². The fourth-order valence-electron chi connectivity index (χ4n) is 3.54. The van der Waals surface area contributed by atoms with Crippen LogP contribution in [-0.4, -0.2) is 62.8 Å². The average molecular weight is 317 g/mol. The summed E-state index contributed by atoms with van der Waals surface area (Å²) in [6.07, 6.45) is 0.556. The third-order valence-electron chi connectivity index (χ3n) is 4.55. The number of rotatable bonds is 2. The Morgan fingerprint density at radius 1 is 1.35 bits per heavy atom. The van der Waals surface area contributed by atoms with E-state index in [1.165, 1.54) is 4.52 Å². The average Bonchev–Trinajstić information content (AvgIpc) is 3.10. The molecule has 2 aliphatic rings. The molecule has 8 nitrogen and oxygen atoms in total. The van der Waals surface area contributed by atoms with Crippen LogP contribution in [0.4, 0.5) is 4.79 Å². The lowest BCUT2D eigenvalue weighted by Crippen LogP contribution is -2.37. The normalized spacial score (nSPS) is 25.0. The van der Waals surface area contributed by atoms with Crippen LogP contribution in [0.5, 0.6) is 0 Å². The van der Waals surface area contributed by atoms with Crippen molar-refractivity contribution in [1.82, 2.24) is 24.4 Å². The predicted octanol–water partition coefficient (Wildman–Crippen LogP) is 0.358. The van der Waals surface area contributed by atoms with Gasteiger partial charge < -0.3 is 9.64 Å². The number of amides is 1. The molecule has 2 fully saturated rings. The summed E-state index contributed by atoms with van der Waals surface area (Å²) in [5, 5.41) is 2.96. The first-order valence-electron chi connectivity index (χ1n) is 7.69. The molecule has 0 aromatic carbocycles. The number of carbonyl (C=O) groups is 1. The van der Waals surface area contributed by atoms with Gasteiger partial charge in [0.05, 0.1) is 12.2 Å². The number of likely N-dealkylation sites (N-methyl/N-ethyl adjacent to an activating group) is 1. The van der Waals surface area contributed by atoms with Crippen molar-refractivity contribution < 1.29 is 9.53 Å². The van der Waals surface area contributed by atoms with Crippen molar-refractivity contribution in [2.75, 3.05) is 26.7 Å². The zero-order chi connectivity index (χ0) is 16.2. The number of H-pyrrole nitrogens is 1. The second-order valence-corrected chi connectivity index (χ2v) is 6.59. The van der Waals surface area contributed by atoms with Gasteiger partial charge in [-0.2, -0.15) is 0 Å². The zero-order valence-corrected chi connectivity index (χ0v) is 13.2. The molecule has 8 heteroatoms. The number of ether oxygens (including phenoxy) is 1. The Labute approximate surface area is 132 Å². The van der Waals surface area contributed by atoms with E-state index in [-0.39, 0.29) is 11.7 Å². The molecule has 1 unspecified atom stereocenters. The number of nitrogens with one attached hydrogen (secondary N) is 1. The van der Waals surface area contributed by atoms with Gasteiger partial charge in [-0.05, 0) is 6.92 Å². The van der Waals surface area contributed by atoms with E-state index in [9.17, 15) is 9.59 Å². The molecular weight excluding hydrogens is 298 g/mol. The molecule has 23 heavy (non-hydrogen) atoms. The number of hydrogen-bond donors (Lipinski definition) is 1. The molecular formula is C15H19N5O3. The van der Waals surface area contributed by atoms with Crippen LogP contribution in [0.1, 0.15) is 17.8 Å². The molecule has 4 rings (SSSR count). The Balaban J connectivity index is 1.53. The number of hydrogen-bond acceptors (Lipinski definition) is 5. The maximum atomic E-state index is 12.1. The van der Waals surface area contributed by atoms with Gasteiger partial charge in [0.15, 0.2) is 5.65 Å². The molecule has 1 spiro atoms. The van der Waals surface area contributed by atoms with Crippen molar-refractivity contribution >= 4 is 11.7 Å². The van der Waals surface area contributed by atoms with E-state index in [0.29, 0.717) is 25.3 Å². The summed E-state index contributed by atoms with van der Waals surface area (Å²) in [6, 6.07) is 3.41. The third-order valence-corrected chi connectivity index (χ3v) is 4.55. The molecule has 122 valence electrons.